The van der Waals surface area contributed by atoms with Crippen molar-refractivity contribution in [3.8, 4) is 0 Å². The van der Waals surface area contributed by atoms with Crippen molar-refractivity contribution >= 4 is 6.09 Å². The lowest BCUT2D eigenvalue weighted by Gasteiger charge is -2.54. The average Bonchev–Trinajstić information content (AvgIpc) is 2.89. The minimum absolute atomic E-state index is 0.0766. The van der Waals surface area contributed by atoms with E-state index < -0.39 is 28.4 Å². The number of ether oxygens (including phenoxy) is 1. The molecule has 4 nitrogen and oxygen atoms in total. The molecule has 3 unspecified atom stereocenters. The normalized spacial score (nSPS) is 36.4. The van der Waals surface area contributed by atoms with E-state index in [9.17, 15) is 4.79 Å². The maximum atomic E-state index is 15.5. The highest BCUT2D eigenvalue weighted by atomic mass is 19.2. The highest BCUT2D eigenvalue weighted by molar-refractivity contribution is 5.69. The molecule has 142 valence electrons. The van der Waals surface area contributed by atoms with Gasteiger partial charge in [0.1, 0.15) is 16.9 Å². The number of hydrogen-bond donors (Lipinski definition) is 0. The molecule has 1 spiro atoms. The number of rotatable bonds is 2. The summed E-state index contributed by atoms with van der Waals surface area (Å²) in [5.41, 5.74) is -3.94. The Labute approximate surface area is 153 Å². The minimum atomic E-state index is -1.66. The summed E-state index contributed by atoms with van der Waals surface area (Å²) < 4.78 is 36.4. The molecular formula is C20H26F2N2O2. The Hall–Kier alpha value is -1.69. The highest BCUT2D eigenvalue weighted by Crippen LogP contribution is 2.68. The molecule has 0 bridgehead atoms. The summed E-state index contributed by atoms with van der Waals surface area (Å²) in [5, 5.41) is 0. The van der Waals surface area contributed by atoms with Gasteiger partial charge in [-0.15, -0.1) is 0 Å². The van der Waals surface area contributed by atoms with Crippen LogP contribution in [0.1, 0.15) is 32.8 Å². The molecule has 0 radical (unpaired) electrons. The molecule has 1 aromatic carbocycles. The molecule has 1 aliphatic carbocycles. The van der Waals surface area contributed by atoms with Crippen molar-refractivity contribution < 1.29 is 18.3 Å². The van der Waals surface area contributed by atoms with Crippen molar-refractivity contribution in [3.05, 3.63) is 35.9 Å². The van der Waals surface area contributed by atoms with Gasteiger partial charge in [0.2, 0.25) is 0 Å². The second kappa shape index (κ2) is 5.41. The lowest BCUT2D eigenvalue weighted by Crippen LogP contribution is -2.69. The SMILES string of the molecule is CC(C)(C)OC(=O)N1CC2(F)CC3(F)CN(Cc4ccccc4)CC32C1. The van der Waals surface area contributed by atoms with Crippen LogP contribution in [0.5, 0.6) is 0 Å². The molecule has 3 fully saturated rings. The molecule has 3 atom stereocenters. The van der Waals surface area contributed by atoms with Gasteiger partial charge in [-0.05, 0) is 26.3 Å². The molecule has 1 saturated carbocycles. The van der Waals surface area contributed by atoms with E-state index in [0.29, 0.717) is 13.1 Å². The van der Waals surface area contributed by atoms with Crippen LogP contribution in [0.2, 0.25) is 0 Å². The van der Waals surface area contributed by atoms with Gasteiger partial charge < -0.3 is 9.64 Å². The Morgan fingerprint density at radius 2 is 1.73 bits per heavy atom. The van der Waals surface area contributed by atoms with Gasteiger partial charge in [-0.25, -0.2) is 13.6 Å². The van der Waals surface area contributed by atoms with E-state index in [2.05, 4.69) is 0 Å². The van der Waals surface area contributed by atoms with Gasteiger partial charge >= 0.3 is 6.09 Å². The molecule has 3 aliphatic rings. The van der Waals surface area contributed by atoms with E-state index in [1.165, 1.54) is 4.90 Å². The highest BCUT2D eigenvalue weighted by Gasteiger charge is 2.82. The Morgan fingerprint density at radius 3 is 2.38 bits per heavy atom. The zero-order valence-corrected chi connectivity index (χ0v) is 15.6. The van der Waals surface area contributed by atoms with Gasteiger partial charge in [-0.3, -0.25) is 4.90 Å². The third-order valence-electron chi connectivity index (χ3n) is 6.05. The van der Waals surface area contributed by atoms with Gasteiger partial charge in [-0.2, -0.15) is 0 Å². The maximum absolute atomic E-state index is 15.5. The Balaban J connectivity index is 1.51. The molecule has 1 aromatic rings. The quantitative estimate of drug-likeness (QED) is 0.804. The van der Waals surface area contributed by atoms with Gasteiger partial charge in [-0.1, -0.05) is 30.3 Å². The largest absolute Gasteiger partial charge is 0.444 e. The lowest BCUT2D eigenvalue weighted by molar-refractivity contribution is -0.174. The summed E-state index contributed by atoms with van der Waals surface area (Å²) in [6.45, 7) is 6.47. The first-order valence-corrected chi connectivity index (χ1v) is 9.18. The van der Waals surface area contributed by atoms with Crippen LogP contribution >= 0.6 is 0 Å². The minimum Gasteiger partial charge on any atom is -0.444 e. The van der Waals surface area contributed by atoms with Crippen LogP contribution in [0.15, 0.2) is 30.3 Å². The molecule has 1 amide bonds. The van der Waals surface area contributed by atoms with Gasteiger partial charge in [0.05, 0.1) is 12.0 Å². The summed E-state index contributed by atoms with van der Waals surface area (Å²) in [6.07, 6.45) is -0.688. The summed E-state index contributed by atoms with van der Waals surface area (Å²) in [4.78, 5) is 15.7. The van der Waals surface area contributed by atoms with Crippen molar-refractivity contribution in [1.82, 2.24) is 9.80 Å². The Kier molecular flexibility index (Phi) is 3.69. The van der Waals surface area contributed by atoms with Crippen molar-refractivity contribution in [2.45, 2.75) is 50.7 Å². The summed E-state index contributed by atoms with van der Waals surface area (Å²) >= 11 is 0. The lowest BCUT2D eigenvalue weighted by atomic mass is 9.52. The number of hydrogen-bond acceptors (Lipinski definition) is 3. The smallest absolute Gasteiger partial charge is 0.410 e. The van der Waals surface area contributed by atoms with E-state index >= 15 is 8.78 Å². The van der Waals surface area contributed by atoms with Crippen LogP contribution in [0, 0.1) is 5.41 Å². The van der Waals surface area contributed by atoms with Crippen LogP contribution in [0.3, 0.4) is 0 Å². The first-order chi connectivity index (χ1) is 12.1. The summed E-state index contributed by atoms with van der Waals surface area (Å²) in [7, 11) is 0. The number of likely N-dealkylation sites (tertiary alicyclic amines) is 2. The van der Waals surface area contributed by atoms with Crippen molar-refractivity contribution in [2.24, 2.45) is 5.41 Å². The number of carbonyl (C=O) groups is 1. The number of nitrogens with zero attached hydrogens (tertiary/aromatic N) is 2. The van der Waals surface area contributed by atoms with Gasteiger partial charge in [0.15, 0.2) is 0 Å². The molecule has 0 aromatic heterocycles. The second-order valence-electron chi connectivity index (χ2n) is 9.16. The molecular weight excluding hydrogens is 338 g/mol. The van der Waals surface area contributed by atoms with Crippen molar-refractivity contribution in [1.29, 1.82) is 0 Å². The first-order valence-electron chi connectivity index (χ1n) is 9.18. The van der Waals surface area contributed by atoms with Crippen LogP contribution in [-0.4, -0.2) is 59.0 Å². The van der Waals surface area contributed by atoms with Crippen molar-refractivity contribution in [2.75, 3.05) is 26.2 Å². The number of halogens is 2. The third-order valence-corrected chi connectivity index (χ3v) is 6.05. The fraction of sp³-hybridized carbons (Fsp3) is 0.650. The van der Waals surface area contributed by atoms with Crippen LogP contribution in [0.4, 0.5) is 13.6 Å². The summed E-state index contributed by atoms with van der Waals surface area (Å²) in [5.74, 6) is 0. The van der Waals surface area contributed by atoms with E-state index in [0.717, 1.165) is 5.56 Å². The van der Waals surface area contributed by atoms with Crippen LogP contribution < -0.4 is 0 Å². The van der Waals surface area contributed by atoms with E-state index in [-0.39, 0.29) is 26.1 Å². The summed E-state index contributed by atoms with van der Waals surface area (Å²) in [6, 6.07) is 9.82. The first kappa shape index (κ1) is 17.7. The van der Waals surface area contributed by atoms with E-state index in [1.807, 2.05) is 35.2 Å². The number of benzene rings is 1. The zero-order chi connectivity index (χ0) is 18.8. The maximum Gasteiger partial charge on any atom is 0.410 e. The standard InChI is InChI=1S/C20H26F2N2O2/c1-17(2,3)26-16(25)24-12-18-11-23(9-15-7-5-4-6-8-15)13-19(18,21)10-20(18,22)14-24/h4-8H,9-14H2,1-3H3. The van der Waals surface area contributed by atoms with E-state index in [1.54, 1.807) is 20.8 Å². The predicted octanol–water partition coefficient (Wildman–Crippen LogP) is 3.56. The van der Waals surface area contributed by atoms with Crippen molar-refractivity contribution in [3.63, 3.8) is 0 Å². The predicted molar refractivity (Wildman–Crippen MR) is 94.3 cm³/mol. The average molecular weight is 364 g/mol. The molecule has 2 saturated heterocycles. The third kappa shape index (κ3) is 2.53. The monoisotopic (exact) mass is 364 g/mol. The number of alkyl halides is 2. The Bertz CT molecular complexity index is 722. The molecule has 0 N–H and O–H groups in total. The number of amides is 1. The van der Waals surface area contributed by atoms with E-state index in [4.69, 9.17) is 4.74 Å². The molecule has 2 heterocycles. The van der Waals surface area contributed by atoms with Gasteiger partial charge in [0, 0.05) is 32.6 Å². The fourth-order valence-electron chi connectivity index (χ4n) is 4.99. The van der Waals surface area contributed by atoms with Gasteiger partial charge in [0.25, 0.3) is 0 Å². The second-order valence-corrected chi connectivity index (χ2v) is 9.16. The number of carbonyl (C=O) groups excluding carboxylic acids is 1. The molecule has 4 rings (SSSR count). The molecule has 2 aliphatic heterocycles. The molecule has 6 heteroatoms. The van der Waals surface area contributed by atoms with Crippen LogP contribution in [0.25, 0.3) is 0 Å². The zero-order valence-electron chi connectivity index (χ0n) is 15.6. The fourth-order valence-corrected chi connectivity index (χ4v) is 4.99. The topological polar surface area (TPSA) is 32.8 Å². The van der Waals surface area contributed by atoms with Crippen LogP contribution in [-0.2, 0) is 11.3 Å². The Morgan fingerprint density at radius 1 is 1.08 bits per heavy atom. The molecule has 26 heavy (non-hydrogen) atoms.